The zero-order valence-electron chi connectivity index (χ0n) is 15.1. The molecular weight excluding hydrogens is 349 g/mol. The molecule has 2 aromatic rings. The lowest BCUT2D eigenvalue weighted by Gasteiger charge is -2.38. The standard InChI is InChI=1S/C20H24FN3O3/c21-15-3-1-13(2-4-15)19-12-17(23-27-19)20(25)24-8-5-14(6-9-24)18-11-16(22)7-10-26-18/h1-4,12,14,16,18H,5-11,22H2. The molecule has 0 radical (unpaired) electrons. The van der Waals surface area contributed by atoms with Crippen LogP contribution in [-0.4, -0.2) is 47.8 Å². The van der Waals surface area contributed by atoms with Crippen LogP contribution in [0, 0.1) is 11.7 Å². The van der Waals surface area contributed by atoms with E-state index in [1.165, 1.54) is 12.1 Å². The van der Waals surface area contributed by atoms with E-state index in [0.29, 0.717) is 30.3 Å². The number of benzene rings is 1. The highest BCUT2D eigenvalue weighted by Crippen LogP contribution is 2.29. The van der Waals surface area contributed by atoms with Gasteiger partial charge in [0.15, 0.2) is 11.5 Å². The van der Waals surface area contributed by atoms with Crippen molar-refractivity contribution in [3.8, 4) is 11.3 Å². The number of nitrogens with two attached hydrogens (primary N) is 1. The van der Waals surface area contributed by atoms with E-state index >= 15 is 0 Å². The number of aromatic nitrogens is 1. The molecule has 144 valence electrons. The van der Waals surface area contributed by atoms with Crippen LogP contribution < -0.4 is 5.73 Å². The van der Waals surface area contributed by atoms with E-state index < -0.39 is 0 Å². The number of ether oxygens (including phenoxy) is 1. The Bertz CT molecular complexity index is 784. The molecule has 7 heteroatoms. The predicted molar refractivity (Wildman–Crippen MR) is 97.5 cm³/mol. The number of nitrogens with zero attached hydrogens (tertiary/aromatic N) is 2. The van der Waals surface area contributed by atoms with Crippen LogP contribution >= 0.6 is 0 Å². The highest BCUT2D eigenvalue weighted by atomic mass is 19.1. The van der Waals surface area contributed by atoms with Crippen LogP contribution in [0.5, 0.6) is 0 Å². The van der Waals surface area contributed by atoms with E-state index in [1.54, 1.807) is 18.2 Å². The zero-order valence-corrected chi connectivity index (χ0v) is 15.1. The zero-order chi connectivity index (χ0) is 18.8. The number of hydrogen-bond acceptors (Lipinski definition) is 5. The van der Waals surface area contributed by atoms with Crippen LogP contribution in [0.3, 0.4) is 0 Å². The number of carbonyl (C=O) groups is 1. The number of hydrogen-bond donors (Lipinski definition) is 1. The van der Waals surface area contributed by atoms with Crippen molar-refractivity contribution >= 4 is 5.91 Å². The molecule has 2 aliphatic heterocycles. The molecular formula is C20H24FN3O3. The average molecular weight is 373 g/mol. The first-order valence-corrected chi connectivity index (χ1v) is 9.49. The second-order valence-electron chi connectivity index (χ2n) is 7.41. The SMILES string of the molecule is NC1CCOC(C2CCN(C(=O)c3cc(-c4ccc(F)cc4)on3)CC2)C1. The fraction of sp³-hybridized carbons (Fsp3) is 0.500. The largest absolute Gasteiger partial charge is 0.378 e. The summed E-state index contributed by atoms with van der Waals surface area (Å²) < 4.78 is 24.2. The summed E-state index contributed by atoms with van der Waals surface area (Å²) in [5.74, 6) is 0.456. The summed E-state index contributed by atoms with van der Waals surface area (Å²) in [6, 6.07) is 7.75. The molecule has 2 aliphatic rings. The Kier molecular flexibility index (Phi) is 5.22. The van der Waals surface area contributed by atoms with Gasteiger partial charge < -0.3 is 19.9 Å². The Hall–Kier alpha value is -2.25. The summed E-state index contributed by atoms with van der Waals surface area (Å²) >= 11 is 0. The lowest BCUT2D eigenvalue weighted by molar-refractivity contribution is -0.0420. The van der Waals surface area contributed by atoms with Gasteiger partial charge in [0, 0.05) is 37.4 Å². The first-order chi connectivity index (χ1) is 13.1. The topological polar surface area (TPSA) is 81.6 Å². The minimum absolute atomic E-state index is 0.133. The van der Waals surface area contributed by atoms with Gasteiger partial charge in [-0.1, -0.05) is 5.16 Å². The van der Waals surface area contributed by atoms with E-state index in [9.17, 15) is 9.18 Å². The molecule has 3 heterocycles. The van der Waals surface area contributed by atoms with Crippen molar-refractivity contribution in [1.29, 1.82) is 0 Å². The molecule has 2 N–H and O–H groups in total. The molecule has 2 saturated heterocycles. The Balaban J connectivity index is 1.36. The van der Waals surface area contributed by atoms with E-state index in [1.807, 2.05) is 4.90 Å². The van der Waals surface area contributed by atoms with Crippen LogP contribution in [0.2, 0.25) is 0 Å². The highest BCUT2D eigenvalue weighted by molar-refractivity contribution is 5.93. The Morgan fingerprint density at radius 3 is 2.63 bits per heavy atom. The first-order valence-electron chi connectivity index (χ1n) is 9.49. The van der Waals surface area contributed by atoms with Gasteiger partial charge in [0.2, 0.25) is 0 Å². The molecule has 2 unspecified atom stereocenters. The number of amides is 1. The van der Waals surface area contributed by atoms with E-state index in [-0.39, 0.29) is 29.6 Å². The minimum Gasteiger partial charge on any atom is -0.378 e. The van der Waals surface area contributed by atoms with E-state index in [0.717, 1.165) is 32.3 Å². The first kappa shape index (κ1) is 18.1. The third kappa shape index (κ3) is 4.04. The molecule has 2 atom stereocenters. The van der Waals surface area contributed by atoms with Crippen LogP contribution in [0.1, 0.15) is 36.2 Å². The van der Waals surface area contributed by atoms with Gasteiger partial charge in [-0.3, -0.25) is 4.79 Å². The van der Waals surface area contributed by atoms with Gasteiger partial charge >= 0.3 is 0 Å². The van der Waals surface area contributed by atoms with Crippen molar-refractivity contribution in [1.82, 2.24) is 10.1 Å². The molecule has 1 amide bonds. The average Bonchev–Trinajstić information content (AvgIpc) is 3.18. The number of piperidine rings is 1. The molecule has 1 aromatic carbocycles. The van der Waals surface area contributed by atoms with Crippen molar-refractivity contribution in [2.45, 2.75) is 37.8 Å². The van der Waals surface area contributed by atoms with Gasteiger partial charge in [0.1, 0.15) is 5.82 Å². The maximum atomic E-state index is 13.0. The fourth-order valence-corrected chi connectivity index (χ4v) is 3.95. The number of carbonyl (C=O) groups excluding carboxylic acids is 1. The lowest BCUT2D eigenvalue weighted by atomic mass is 9.86. The summed E-state index contributed by atoms with van der Waals surface area (Å²) in [6.45, 7) is 2.09. The van der Waals surface area contributed by atoms with Crippen molar-refractivity contribution in [3.05, 3.63) is 41.8 Å². The maximum Gasteiger partial charge on any atom is 0.276 e. The minimum atomic E-state index is -0.319. The van der Waals surface area contributed by atoms with Crippen molar-refractivity contribution in [2.75, 3.05) is 19.7 Å². The number of rotatable bonds is 3. The van der Waals surface area contributed by atoms with Crippen molar-refractivity contribution in [3.63, 3.8) is 0 Å². The Morgan fingerprint density at radius 1 is 1.19 bits per heavy atom. The second kappa shape index (κ2) is 7.78. The summed E-state index contributed by atoms with van der Waals surface area (Å²) in [5, 5.41) is 3.91. The quantitative estimate of drug-likeness (QED) is 0.895. The molecule has 6 nitrogen and oxygen atoms in total. The Labute approximate surface area is 157 Å². The molecule has 1 aromatic heterocycles. The lowest BCUT2D eigenvalue weighted by Crippen LogP contribution is -2.45. The number of likely N-dealkylation sites (tertiary alicyclic amines) is 1. The van der Waals surface area contributed by atoms with Crippen molar-refractivity contribution < 1.29 is 18.4 Å². The summed E-state index contributed by atoms with van der Waals surface area (Å²) in [4.78, 5) is 14.5. The predicted octanol–water partition coefficient (Wildman–Crippen LogP) is 2.84. The number of halogens is 1. The molecule has 0 bridgehead atoms. The maximum absolute atomic E-state index is 13.0. The summed E-state index contributed by atoms with van der Waals surface area (Å²) in [7, 11) is 0. The molecule has 0 spiro atoms. The molecule has 4 rings (SSSR count). The van der Waals surface area contributed by atoms with E-state index in [2.05, 4.69) is 5.16 Å². The summed E-state index contributed by atoms with van der Waals surface area (Å²) in [6.07, 6.45) is 3.86. The van der Waals surface area contributed by atoms with Crippen LogP contribution in [-0.2, 0) is 4.74 Å². The van der Waals surface area contributed by atoms with Gasteiger partial charge in [0.25, 0.3) is 5.91 Å². The molecule has 0 aliphatic carbocycles. The molecule has 2 fully saturated rings. The van der Waals surface area contributed by atoms with Gasteiger partial charge in [0.05, 0.1) is 6.10 Å². The molecule has 0 saturated carbocycles. The second-order valence-corrected chi connectivity index (χ2v) is 7.41. The fourth-order valence-electron chi connectivity index (χ4n) is 3.95. The third-order valence-electron chi connectivity index (χ3n) is 5.57. The van der Waals surface area contributed by atoms with Crippen LogP contribution in [0.4, 0.5) is 4.39 Å². The monoisotopic (exact) mass is 373 g/mol. The van der Waals surface area contributed by atoms with Gasteiger partial charge in [-0.25, -0.2) is 4.39 Å². The smallest absolute Gasteiger partial charge is 0.276 e. The highest BCUT2D eigenvalue weighted by Gasteiger charge is 2.32. The molecule has 27 heavy (non-hydrogen) atoms. The van der Waals surface area contributed by atoms with Gasteiger partial charge in [-0.05, 0) is 55.9 Å². The van der Waals surface area contributed by atoms with Crippen LogP contribution in [0.15, 0.2) is 34.9 Å². The van der Waals surface area contributed by atoms with Crippen molar-refractivity contribution in [2.24, 2.45) is 11.7 Å². The van der Waals surface area contributed by atoms with E-state index in [4.69, 9.17) is 15.0 Å². The van der Waals surface area contributed by atoms with Crippen LogP contribution in [0.25, 0.3) is 11.3 Å². The normalized spacial score (nSPS) is 24.1. The Morgan fingerprint density at radius 2 is 1.93 bits per heavy atom. The van der Waals surface area contributed by atoms with Gasteiger partial charge in [-0.2, -0.15) is 0 Å². The summed E-state index contributed by atoms with van der Waals surface area (Å²) in [5.41, 5.74) is 7.03. The third-order valence-corrected chi connectivity index (χ3v) is 5.57. The van der Waals surface area contributed by atoms with Gasteiger partial charge in [-0.15, -0.1) is 0 Å².